The number of fused-ring (bicyclic) bond motifs is 1. The average Bonchev–Trinajstić information content (AvgIpc) is 3.16. The van der Waals surface area contributed by atoms with Crippen molar-refractivity contribution in [2.45, 2.75) is 24.9 Å². The summed E-state index contributed by atoms with van der Waals surface area (Å²) in [4.78, 5) is 26.7. The molecule has 1 fully saturated rings. The van der Waals surface area contributed by atoms with Gasteiger partial charge in [-0.2, -0.15) is 0 Å². The molecule has 2 aliphatic heterocycles. The number of nitrogens with two attached hydrogens (primary N) is 1. The van der Waals surface area contributed by atoms with Gasteiger partial charge < -0.3 is 19.6 Å². The third kappa shape index (κ3) is 3.18. The zero-order valence-corrected chi connectivity index (χ0v) is 16.3. The van der Waals surface area contributed by atoms with Crippen LogP contribution in [0.4, 0.5) is 0 Å². The predicted octanol–water partition coefficient (Wildman–Crippen LogP) is 2.29. The van der Waals surface area contributed by atoms with Crippen LogP contribution in [0.3, 0.4) is 0 Å². The molecule has 1 amide bonds. The van der Waals surface area contributed by atoms with E-state index in [1.807, 2.05) is 25.1 Å². The Hall–Kier alpha value is -2.71. The lowest BCUT2D eigenvalue weighted by Gasteiger charge is -2.48. The van der Waals surface area contributed by atoms with E-state index in [-0.39, 0.29) is 23.6 Å². The van der Waals surface area contributed by atoms with Crippen LogP contribution in [0, 0.1) is 6.92 Å². The van der Waals surface area contributed by atoms with Gasteiger partial charge in [-0.05, 0) is 36.8 Å². The molecule has 0 saturated carbocycles. The summed E-state index contributed by atoms with van der Waals surface area (Å²) in [5.41, 5.74) is 7.58. The topological polar surface area (TPSA) is 95.0 Å². The first-order valence-electron chi connectivity index (χ1n) is 8.80. The molecule has 1 aromatic carbocycles. The fraction of sp³-hybridized carbons (Fsp3) is 0.300. The molecule has 4 rings (SSSR count). The second-order valence-corrected chi connectivity index (χ2v) is 7.70. The number of hydrogen-bond donors (Lipinski definition) is 1. The molecule has 8 heteroatoms. The maximum atomic E-state index is 12.9. The fourth-order valence-electron chi connectivity index (χ4n) is 3.23. The number of esters is 1. The van der Waals surface area contributed by atoms with Crippen molar-refractivity contribution in [3.8, 4) is 5.75 Å². The summed E-state index contributed by atoms with van der Waals surface area (Å²) >= 11 is 1.52. The molecule has 2 aliphatic rings. The Morgan fingerprint density at radius 1 is 1.29 bits per heavy atom. The Kier molecular flexibility index (Phi) is 4.91. The highest BCUT2D eigenvalue weighted by molar-refractivity contribution is 8.00. The number of rotatable bonds is 5. The van der Waals surface area contributed by atoms with E-state index in [0.29, 0.717) is 17.1 Å². The van der Waals surface area contributed by atoms with E-state index in [1.165, 1.54) is 16.7 Å². The van der Waals surface area contributed by atoms with E-state index < -0.39 is 12.0 Å². The minimum atomic E-state index is -0.603. The van der Waals surface area contributed by atoms with E-state index in [2.05, 4.69) is 0 Å². The van der Waals surface area contributed by atoms with E-state index in [0.717, 1.165) is 17.1 Å². The molecule has 2 atom stereocenters. The van der Waals surface area contributed by atoms with Crippen LogP contribution in [-0.4, -0.2) is 41.1 Å². The minimum Gasteiger partial charge on any atom is -0.497 e. The molecule has 7 nitrogen and oxygen atoms in total. The number of furan rings is 1. The Balaban J connectivity index is 1.60. The molecule has 0 spiro atoms. The number of thioether (sulfide) groups is 1. The van der Waals surface area contributed by atoms with Crippen LogP contribution in [0.15, 0.2) is 46.5 Å². The third-order valence-electron chi connectivity index (χ3n) is 4.77. The van der Waals surface area contributed by atoms with Crippen molar-refractivity contribution in [2.24, 2.45) is 5.73 Å². The van der Waals surface area contributed by atoms with Crippen LogP contribution in [0.5, 0.6) is 5.75 Å². The number of amides is 1. The van der Waals surface area contributed by atoms with Gasteiger partial charge in [0, 0.05) is 11.3 Å². The summed E-state index contributed by atoms with van der Waals surface area (Å²) in [6, 6.07) is 10.3. The summed E-state index contributed by atoms with van der Waals surface area (Å²) in [6.45, 7) is 1.91. The van der Waals surface area contributed by atoms with Crippen molar-refractivity contribution in [3.05, 3.63) is 59.2 Å². The lowest BCUT2D eigenvalue weighted by Crippen LogP contribution is -2.68. The minimum absolute atomic E-state index is 0.0860. The fourth-order valence-corrected chi connectivity index (χ4v) is 4.53. The number of carbonyl (C=O) groups excluding carboxylic acids is 2. The highest BCUT2D eigenvalue weighted by Crippen LogP contribution is 2.43. The highest BCUT2D eigenvalue weighted by atomic mass is 32.2. The molecular formula is C20H20N2O5S. The summed E-state index contributed by atoms with van der Waals surface area (Å²) in [7, 11) is 1.59. The lowest BCUT2D eigenvalue weighted by molar-refractivity contribution is -0.151. The smallest absolute Gasteiger partial charge is 0.355 e. The van der Waals surface area contributed by atoms with Gasteiger partial charge in [0.05, 0.1) is 7.11 Å². The van der Waals surface area contributed by atoms with Crippen molar-refractivity contribution >= 4 is 29.2 Å². The Bertz CT molecular complexity index is 950. The van der Waals surface area contributed by atoms with E-state index in [9.17, 15) is 9.59 Å². The zero-order chi connectivity index (χ0) is 19.8. The SMILES string of the molecule is COc1ccc(COC(=O)C2=C(c3ccc(C)o3)CS[C@H]3[C@H](N)C(=O)N23)cc1. The number of nitrogens with zero attached hydrogens (tertiary/aromatic N) is 1. The monoisotopic (exact) mass is 400 g/mol. The highest BCUT2D eigenvalue weighted by Gasteiger charge is 2.52. The van der Waals surface area contributed by atoms with Gasteiger partial charge >= 0.3 is 5.97 Å². The first-order valence-corrected chi connectivity index (χ1v) is 9.84. The van der Waals surface area contributed by atoms with Gasteiger partial charge in [-0.3, -0.25) is 9.69 Å². The van der Waals surface area contributed by atoms with E-state index in [4.69, 9.17) is 19.6 Å². The molecule has 0 aliphatic carbocycles. The van der Waals surface area contributed by atoms with Crippen molar-refractivity contribution in [3.63, 3.8) is 0 Å². The lowest BCUT2D eigenvalue weighted by atomic mass is 10.0. The molecule has 1 aromatic heterocycles. The summed E-state index contributed by atoms with van der Waals surface area (Å²) in [6.07, 6.45) is 0. The van der Waals surface area contributed by atoms with Crippen LogP contribution in [0.25, 0.3) is 5.57 Å². The zero-order valence-electron chi connectivity index (χ0n) is 15.5. The molecule has 3 heterocycles. The van der Waals surface area contributed by atoms with Crippen molar-refractivity contribution in [1.29, 1.82) is 0 Å². The van der Waals surface area contributed by atoms with Gasteiger partial charge in [0.1, 0.15) is 41.0 Å². The van der Waals surface area contributed by atoms with Gasteiger partial charge in [-0.15, -0.1) is 11.8 Å². The number of benzene rings is 1. The number of methoxy groups -OCH3 is 1. The van der Waals surface area contributed by atoms with Crippen LogP contribution >= 0.6 is 11.8 Å². The number of β-lactam (4-membered cyclic amide) rings is 1. The maximum Gasteiger partial charge on any atom is 0.355 e. The number of hydrogen-bond acceptors (Lipinski definition) is 7. The van der Waals surface area contributed by atoms with Gasteiger partial charge in [0.2, 0.25) is 5.91 Å². The number of aryl methyl sites for hydroxylation is 1. The Labute approximate surface area is 166 Å². The van der Waals surface area contributed by atoms with Crippen LogP contribution in [-0.2, 0) is 20.9 Å². The standard InChI is InChI=1S/C20H20N2O5S/c1-11-3-8-15(27-11)14-10-28-19-16(21)18(23)22(19)17(14)20(24)26-9-12-4-6-13(25-2)7-5-12/h3-8,16,19H,9-10,21H2,1-2H3/t16-,19+/m1/s1. The molecule has 2 N–H and O–H groups in total. The molecule has 2 aromatic rings. The molecule has 0 radical (unpaired) electrons. The summed E-state index contributed by atoms with van der Waals surface area (Å²) < 4.78 is 16.3. The Morgan fingerprint density at radius 3 is 2.68 bits per heavy atom. The molecule has 146 valence electrons. The van der Waals surface area contributed by atoms with Crippen molar-refractivity contribution < 1.29 is 23.5 Å². The molecular weight excluding hydrogens is 380 g/mol. The predicted molar refractivity (Wildman–Crippen MR) is 104 cm³/mol. The van der Waals surface area contributed by atoms with E-state index in [1.54, 1.807) is 25.3 Å². The van der Waals surface area contributed by atoms with Crippen LogP contribution < -0.4 is 10.5 Å². The Morgan fingerprint density at radius 2 is 2.04 bits per heavy atom. The quantitative estimate of drug-likeness (QED) is 0.608. The maximum absolute atomic E-state index is 12.9. The van der Waals surface area contributed by atoms with Crippen molar-refractivity contribution in [2.75, 3.05) is 12.9 Å². The van der Waals surface area contributed by atoms with Crippen LogP contribution in [0.2, 0.25) is 0 Å². The first kappa shape index (κ1) is 18.6. The van der Waals surface area contributed by atoms with Gasteiger partial charge in [-0.1, -0.05) is 12.1 Å². The molecule has 0 bridgehead atoms. The second kappa shape index (κ2) is 7.37. The third-order valence-corrected chi connectivity index (χ3v) is 6.07. The molecule has 0 unspecified atom stereocenters. The van der Waals surface area contributed by atoms with Gasteiger partial charge in [0.25, 0.3) is 0 Å². The van der Waals surface area contributed by atoms with Gasteiger partial charge in [0.15, 0.2) is 0 Å². The first-order chi connectivity index (χ1) is 13.5. The second-order valence-electron chi connectivity index (χ2n) is 6.60. The van der Waals surface area contributed by atoms with Crippen molar-refractivity contribution in [1.82, 2.24) is 4.90 Å². The van der Waals surface area contributed by atoms with Gasteiger partial charge in [-0.25, -0.2) is 4.79 Å². The normalized spacial score (nSPS) is 21.2. The largest absolute Gasteiger partial charge is 0.497 e. The summed E-state index contributed by atoms with van der Waals surface area (Å²) in [5, 5.41) is -0.254. The average molecular weight is 400 g/mol. The number of ether oxygens (including phenoxy) is 2. The van der Waals surface area contributed by atoms with Crippen LogP contribution in [0.1, 0.15) is 17.1 Å². The summed E-state index contributed by atoms with van der Waals surface area (Å²) in [5.74, 6) is 1.68. The number of carbonyl (C=O) groups is 2. The molecule has 1 saturated heterocycles. The molecule has 28 heavy (non-hydrogen) atoms. The van der Waals surface area contributed by atoms with E-state index >= 15 is 0 Å².